The van der Waals surface area contributed by atoms with Gasteiger partial charge in [-0.1, -0.05) is 24.4 Å². The van der Waals surface area contributed by atoms with E-state index in [4.69, 9.17) is 22.7 Å². The van der Waals surface area contributed by atoms with Crippen LogP contribution in [0.2, 0.25) is 0 Å². The molecule has 0 unspecified atom stereocenters. The molecular formula is C12H12N2OS2. The van der Waals surface area contributed by atoms with Gasteiger partial charge < -0.3 is 10.5 Å². The van der Waals surface area contributed by atoms with Gasteiger partial charge in [-0.05, 0) is 17.7 Å². The van der Waals surface area contributed by atoms with E-state index in [1.165, 1.54) is 0 Å². The average molecular weight is 264 g/mol. The quantitative estimate of drug-likeness (QED) is 0.843. The summed E-state index contributed by atoms with van der Waals surface area (Å²) in [6.45, 7) is 0.555. The summed E-state index contributed by atoms with van der Waals surface area (Å²) in [5.41, 5.74) is 8.38. The van der Waals surface area contributed by atoms with Gasteiger partial charge in [0.15, 0.2) is 0 Å². The SMILES string of the molecule is NC(=S)Cc1ccc(OCc2cncs2)cc1. The minimum absolute atomic E-state index is 0.503. The first-order valence-electron chi connectivity index (χ1n) is 5.11. The van der Waals surface area contributed by atoms with Crippen LogP contribution in [-0.2, 0) is 13.0 Å². The molecule has 2 aromatic rings. The van der Waals surface area contributed by atoms with Crippen LogP contribution in [0.25, 0.3) is 0 Å². The second-order valence-electron chi connectivity index (χ2n) is 3.54. The standard InChI is InChI=1S/C12H12N2OS2/c13-12(16)5-9-1-3-10(4-2-9)15-7-11-6-14-8-17-11/h1-4,6,8H,5,7H2,(H2,13,16). The summed E-state index contributed by atoms with van der Waals surface area (Å²) in [5.74, 6) is 0.838. The smallest absolute Gasteiger partial charge is 0.124 e. The summed E-state index contributed by atoms with van der Waals surface area (Å²) in [5, 5.41) is 0. The highest BCUT2D eigenvalue weighted by atomic mass is 32.1. The number of thiocarbonyl (C=S) groups is 1. The topological polar surface area (TPSA) is 48.1 Å². The van der Waals surface area contributed by atoms with E-state index >= 15 is 0 Å². The Morgan fingerprint density at radius 3 is 2.71 bits per heavy atom. The molecule has 1 aromatic heterocycles. The van der Waals surface area contributed by atoms with Gasteiger partial charge in [0.2, 0.25) is 0 Å². The molecule has 0 saturated heterocycles. The molecule has 0 radical (unpaired) electrons. The molecule has 88 valence electrons. The van der Waals surface area contributed by atoms with Crippen molar-refractivity contribution in [2.75, 3.05) is 0 Å². The van der Waals surface area contributed by atoms with Crippen molar-refractivity contribution >= 4 is 28.5 Å². The van der Waals surface area contributed by atoms with Crippen molar-refractivity contribution in [3.63, 3.8) is 0 Å². The van der Waals surface area contributed by atoms with Crippen LogP contribution in [0.15, 0.2) is 36.0 Å². The van der Waals surface area contributed by atoms with Gasteiger partial charge in [0, 0.05) is 12.6 Å². The molecule has 2 N–H and O–H groups in total. The van der Waals surface area contributed by atoms with Crippen LogP contribution in [0.3, 0.4) is 0 Å². The highest BCUT2D eigenvalue weighted by Gasteiger charge is 1.99. The Morgan fingerprint density at radius 1 is 1.35 bits per heavy atom. The number of nitrogens with two attached hydrogens (primary N) is 1. The number of aromatic nitrogens is 1. The van der Waals surface area contributed by atoms with Crippen LogP contribution in [-0.4, -0.2) is 9.97 Å². The zero-order valence-corrected chi connectivity index (χ0v) is 10.8. The Morgan fingerprint density at radius 2 is 2.12 bits per heavy atom. The normalized spacial score (nSPS) is 10.1. The number of nitrogens with zero attached hydrogens (tertiary/aromatic N) is 1. The number of hydrogen-bond acceptors (Lipinski definition) is 4. The predicted molar refractivity (Wildman–Crippen MR) is 73.4 cm³/mol. The fraction of sp³-hybridized carbons (Fsp3) is 0.167. The molecule has 17 heavy (non-hydrogen) atoms. The number of thiazole rings is 1. The minimum Gasteiger partial charge on any atom is -0.488 e. The lowest BCUT2D eigenvalue weighted by Crippen LogP contribution is -2.10. The van der Waals surface area contributed by atoms with Crippen molar-refractivity contribution in [3.8, 4) is 5.75 Å². The molecular weight excluding hydrogens is 252 g/mol. The summed E-state index contributed by atoms with van der Waals surface area (Å²) >= 11 is 6.44. The van der Waals surface area contributed by atoms with Crippen molar-refractivity contribution in [3.05, 3.63) is 46.4 Å². The molecule has 1 heterocycles. The maximum Gasteiger partial charge on any atom is 0.124 e. The first kappa shape index (κ1) is 12.0. The molecule has 0 saturated carbocycles. The molecule has 0 aliphatic rings. The second-order valence-corrected chi connectivity index (χ2v) is 5.04. The maximum absolute atomic E-state index is 5.62. The summed E-state index contributed by atoms with van der Waals surface area (Å²) in [4.78, 5) is 5.60. The monoisotopic (exact) mass is 264 g/mol. The van der Waals surface area contributed by atoms with E-state index in [0.717, 1.165) is 16.2 Å². The van der Waals surface area contributed by atoms with Crippen LogP contribution in [0.1, 0.15) is 10.4 Å². The Labute approximate surface area is 109 Å². The van der Waals surface area contributed by atoms with Gasteiger partial charge in [-0.2, -0.15) is 0 Å². The lowest BCUT2D eigenvalue weighted by molar-refractivity contribution is 0.309. The van der Waals surface area contributed by atoms with Gasteiger partial charge >= 0.3 is 0 Å². The molecule has 0 aliphatic carbocycles. The van der Waals surface area contributed by atoms with Gasteiger partial charge in [-0.25, -0.2) is 0 Å². The van der Waals surface area contributed by atoms with Crippen molar-refractivity contribution in [2.45, 2.75) is 13.0 Å². The number of benzene rings is 1. The van der Waals surface area contributed by atoms with Gasteiger partial charge in [-0.15, -0.1) is 11.3 Å². The van der Waals surface area contributed by atoms with Gasteiger partial charge in [0.05, 0.1) is 15.4 Å². The molecule has 5 heteroatoms. The summed E-state index contributed by atoms with van der Waals surface area (Å²) in [6.07, 6.45) is 2.44. The summed E-state index contributed by atoms with van der Waals surface area (Å²) in [6, 6.07) is 7.80. The third-order valence-electron chi connectivity index (χ3n) is 2.17. The Hall–Kier alpha value is -1.46. The number of hydrogen-bond donors (Lipinski definition) is 1. The summed E-state index contributed by atoms with van der Waals surface area (Å²) < 4.78 is 5.62. The first-order valence-corrected chi connectivity index (χ1v) is 6.40. The molecule has 2 rings (SSSR count). The van der Waals surface area contributed by atoms with E-state index in [2.05, 4.69) is 4.98 Å². The van der Waals surface area contributed by atoms with Crippen LogP contribution >= 0.6 is 23.6 Å². The molecule has 0 fully saturated rings. The minimum atomic E-state index is 0.503. The fourth-order valence-electron chi connectivity index (χ4n) is 1.37. The lowest BCUT2D eigenvalue weighted by atomic mass is 10.1. The van der Waals surface area contributed by atoms with Gasteiger partial charge in [0.25, 0.3) is 0 Å². The molecule has 0 aliphatic heterocycles. The van der Waals surface area contributed by atoms with Crippen LogP contribution in [0, 0.1) is 0 Å². The lowest BCUT2D eigenvalue weighted by Gasteiger charge is -2.05. The fourth-order valence-corrected chi connectivity index (χ4v) is 2.05. The average Bonchev–Trinajstić information content (AvgIpc) is 2.80. The van der Waals surface area contributed by atoms with Crippen molar-refractivity contribution < 1.29 is 4.74 Å². The molecule has 3 nitrogen and oxygen atoms in total. The first-order chi connectivity index (χ1) is 8.24. The number of rotatable bonds is 5. The number of ether oxygens (including phenoxy) is 1. The van der Waals surface area contributed by atoms with Crippen LogP contribution in [0.5, 0.6) is 5.75 Å². The van der Waals surface area contributed by atoms with Crippen molar-refractivity contribution in [1.29, 1.82) is 0 Å². The molecule has 0 bridgehead atoms. The van der Waals surface area contributed by atoms with Crippen molar-refractivity contribution in [1.82, 2.24) is 4.98 Å². The van der Waals surface area contributed by atoms with E-state index in [9.17, 15) is 0 Å². The zero-order valence-electron chi connectivity index (χ0n) is 9.13. The van der Waals surface area contributed by atoms with E-state index in [0.29, 0.717) is 18.0 Å². The van der Waals surface area contributed by atoms with Gasteiger partial charge in [0.1, 0.15) is 12.4 Å². The van der Waals surface area contributed by atoms with Gasteiger partial charge in [-0.3, -0.25) is 4.98 Å². The van der Waals surface area contributed by atoms with E-state index in [1.807, 2.05) is 30.5 Å². The molecule has 0 amide bonds. The third-order valence-corrected chi connectivity index (χ3v) is 3.06. The Kier molecular flexibility index (Phi) is 4.06. The van der Waals surface area contributed by atoms with Crippen molar-refractivity contribution in [2.24, 2.45) is 5.73 Å². The second kappa shape index (κ2) is 5.75. The predicted octanol–water partition coefficient (Wildman–Crippen LogP) is 2.55. The highest BCUT2D eigenvalue weighted by molar-refractivity contribution is 7.80. The van der Waals surface area contributed by atoms with E-state index in [-0.39, 0.29) is 0 Å². The zero-order chi connectivity index (χ0) is 12.1. The van der Waals surface area contributed by atoms with Crippen LogP contribution in [0.4, 0.5) is 0 Å². The molecule has 0 atom stereocenters. The third kappa shape index (κ3) is 3.80. The largest absolute Gasteiger partial charge is 0.488 e. The Bertz CT molecular complexity index is 480. The van der Waals surface area contributed by atoms with Crippen LogP contribution < -0.4 is 10.5 Å². The van der Waals surface area contributed by atoms with E-state index in [1.54, 1.807) is 16.8 Å². The Balaban J connectivity index is 1.91. The summed E-state index contributed by atoms with van der Waals surface area (Å²) in [7, 11) is 0. The van der Waals surface area contributed by atoms with E-state index < -0.39 is 0 Å². The molecule has 0 spiro atoms. The molecule has 1 aromatic carbocycles. The maximum atomic E-state index is 5.62. The highest BCUT2D eigenvalue weighted by Crippen LogP contribution is 2.15.